The fourth-order valence-electron chi connectivity index (χ4n) is 1.68. The van der Waals surface area contributed by atoms with Crippen molar-refractivity contribution in [3.63, 3.8) is 0 Å². The summed E-state index contributed by atoms with van der Waals surface area (Å²) in [4.78, 5) is 16.0. The van der Waals surface area contributed by atoms with Gasteiger partial charge in [0, 0.05) is 36.2 Å². The second kappa shape index (κ2) is 7.28. The Bertz CT molecular complexity index is 482. The van der Waals surface area contributed by atoms with Gasteiger partial charge in [-0.1, -0.05) is 15.9 Å². The SMILES string of the molecule is CN=C(NCCNC(=O)c1ccc(Br)cc1)NC1CC1. The number of nitrogens with one attached hydrogen (secondary N) is 3. The van der Waals surface area contributed by atoms with Gasteiger partial charge < -0.3 is 16.0 Å². The summed E-state index contributed by atoms with van der Waals surface area (Å²) in [5, 5.41) is 9.33. The van der Waals surface area contributed by atoms with E-state index >= 15 is 0 Å². The molecule has 108 valence electrons. The Morgan fingerprint density at radius 2 is 1.90 bits per heavy atom. The predicted molar refractivity (Wildman–Crippen MR) is 84.0 cm³/mol. The van der Waals surface area contributed by atoms with E-state index in [1.165, 1.54) is 12.8 Å². The molecule has 1 saturated carbocycles. The molecular formula is C14H19BrN4O. The van der Waals surface area contributed by atoms with E-state index in [2.05, 4.69) is 36.9 Å². The first-order chi connectivity index (χ1) is 9.69. The van der Waals surface area contributed by atoms with E-state index in [4.69, 9.17) is 0 Å². The van der Waals surface area contributed by atoms with Crippen LogP contribution in [0.4, 0.5) is 0 Å². The highest BCUT2D eigenvalue weighted by molar-refractivity contribution is 9.10. The quantitative estimate of drug-likeness (QED) is 0.433. The van der Waals surface area contributed by atoms with Gasteiger partial charge in [-0.05, 0) is 37.1 Å². The maximum Gasteiger partial charge on any atom is 0.251 e. The minimum Gasteiger partial charge on any atom is -0.355 e. The van der Waals surface area contributed by atoms with Gasteiger partial charge in [0.15, 0.2) is 5.96 Å². The van der Waals surface area contributed by atoms with Crippen LogP contribution in [-0.2, 0) is 0 Å². The average Bonchev–Trinajstić information content (AvgIpc) is 3.26. The van der Waals surface area contributed by atoms with Crippen LogP contribution in [0.3, 0.4) is 0 Å². The van der Waals surface area contributed by atoms with E-state index in [0.29, 0.717) is 24.7 Å². The number of nitrogens with zero attached hydrogens (tertiary/aromatic N) is 1. The van der Waals surface area contributed by atoms with Gasteiger partial charge in [0.1, 0.15) is 0 Å². The highest BCUT2D eigenvalue weighted by Crippen LogP contribution is 2.18. The molecule has 0 bridgehead atoms. The Morgan fingerprint density at radius 3 is 2.50 bits per heavy atom. The number of aliphatic imine (C=N–C) groups is 1. The fourth-order valence-corrected chi connectivity index (χ4v) is 1.94. The number of guanidine groups is 1. The summed E-state index contributed by atoms with van der Waals surface area (Å²) in [5.41, 5.74) is 0.661. The number of hydrogen-bond donors (Lipinski definition) is 3. The lowest BCUT2D eigenvalue weighted by molar-refractivity contribution is 0.0954. The zero-order chi connectivity index (χ0) is 14.4. The van der Waals surface area contributed by atoms with E-state index in [0.717, 1.165) is 10.4 Å². The maximum absolute atomic E-state index is 11.9. The molecule has 1 aliphatic rings. The Kier molecular flexibility index (Phi) is 5.40. The second-order valence-corrected chi connectivity index (χ2v) is 5.60. The molecule has 1 aromatic rings. The lowest BCUT2D eigenvalue weighted by Gasteiger charge is -2.11. The summed E-state index contributed by atoms with van der Waals surface area (Å²) in [5.74, 6) is 0.731. The summed E-state index contributed by atoms with van der Waals surface area (Å²) in [6.07, 6.45) is 2.42. The molecule has 1 amide bonds. The highest BCUT2D eigenvalue weighted by atomic mass is 79.9. The second-order valence-electron chi connectivity index (χ2n) is 4.68. The third-order valence-corrected chi connectivity index (χ3v) is 3.48. The van der Waals surface area contributed by atoms with Crippen LogP contribution < -0.4 is 16.0 Å². The molecule has 20 heavy (non-hydrogen) atoms. The van der Waals surface area contributed by atoms with Crippen LogP contribution in [0.2, 0.25) is 0 Å². The van der Waals surface area contributed by atoms with Crippen molar-refractivity contribution in [1.82, 2.24) is 16.0 Å². The van der Waals surface area contributed by atoms with E-state index in [-0.39, 0.29) is 5.91 Å². The van der Waals surface area contributed by atoms with Crippen LogP contribution in [0.1, 0.15) is 23.2 Å². The van der Waals surface area contributed by atoms with Gasteiger partial charge in [0.05, 0.1) is 0 Å². The molecule has 0 spiro atoms. The van der Waals surface area contributed by atoms with Crippen molar-refractivity contribution < 1.29 is 4.79 Å². The predicted octanol–water partition coefficient (Wildman–Crippen LogP) is 1.51. The monoisotopic (exact) mass is 338 g/mol. The Morgan fingerprint density at radius 1 is 1.25 bits per heavy atom. The van der Waals surface area contributed by atoms with Crippen LogP contribution >= 0.6 is 15.9 Å². The zero-order valence-corrected chi connectivity index (χ0v) is 13.0. The zero-order valence-electron chi connectivity index (χ0n) is 11.4. The molecule has 1 aromatic carbocycles. The molecule has 6 heteroatoms. The first kappa shape index (κ1) is 14.8. The number of benzene rings is 1. The summed E-state index contributed by atoms with van der Waals surface area (Å²) >= 11 is 3.35. The molecule has 0 unspecified atom stereocenters. The van der Waals surface area contributed by atoms with Crippen molar-refractivity contribution in [3.8, 4) is 0 Å². The molecule has 0 aromatic heterocycles. The molecule has 3 N–H and O–H groups in total. The van der Waals surface area contributed by atoms with E-state index < -0.39 is 0 Å². The minimum absolute atomic E-state index is 0.0653. The molecule has 5 nitrogen and oxygen atoms in total. The van der Waals surface area contributed by atoms with Crippen molar-refractivity contribution in [2.24, 2.45) is 4.99 Å². The first-order valence-corrected chi connectivity index (χ1v) is 7.49. The van der Waals surface area contributed by atoms with Crippen LogP contribution in [0.5, 0.6) is 0 Å². The average molecular weight is 339 g/mol. The Labute approximate surface area is 127 Å². The summed E-state index contributed by atoms with van der Waals surface area (Å²) in [6, 6.07) is 7.86. The number of halogens is 1. The van der Waals surface area contributed by atoms with E-state index in [1.807, 2.05) is 12.1 Å². The minimum atomic E-state index is -0.0653. The molecule has 1 aliphatic carbocycles. The van der Waals surface area contributed by atoms with Crippen LogP contribution in [0.15, 0.2) is 33.7 Å². The number of amides is 1. The number of rotatable bonds is 5. The van der Waals surface area contributed by atoms with Crippen molar-refractivity contribution in [2.45, 2.75) is 18.9 Å². The maximum atomic E-state index is 11.9. The fraction of sp³-hybridized carbons (Fsp3) is 0.429. The molecule has 1 fully saturated rings. The first-order valence-electron chi connectivity index (χ1n) is 6.70. The van der Waals surface area contributed by atoms with Crippen molar-refractivity contribution in [1.29, 1.82) is 0 Å². The molecule has 0 saturated heterocycles. The van der Waals surface area contributed by atoms with Crippen molar-refractivity contribution >= 4 is 27.8 Å². The van der Waals surface area contributed by atoms with Crippen molar-refractivity contribution in [2.75, 3.05) is 20.1 Å². The number of carbonyl (C=O) groups is 1. The number of hydrogen-bond acceptors (Lipinski definition) is 2. The highest BCUT2D eigenvalue weighted by Gasteiger charge is 2.21. The smallest absolute Gasteiger partial charge is 0.251 e. The largest absolute Gasteiger partial charge is 0.355 e. The molecular weight excluding hydrogens is 320 g/mol. The van der Waals surface area contributed by atoms with Gasteiger partial charge in [-0.2, -0.15) is 0 Å². The van der Waals surface area contributed by atoms with Gasteiger partial charge in [-0.3, -0.25) is 9.79 Å². The Balaban J connectivity index is 1.67. The van der Waals surface area contributed by atoms with Crippen molar-refractivity contribution in [3.05, 3.63) is 34.3 Å². The lowest BCUT2D eigenvalue weighted by Crippen LogP contribution is -2.42. The Hall–Kier alpha value is -1.56. The van der Waals surface area contributed by atoms with Gasteiger partial charge >= 0.3 is 0 Å². The molecule has 0 aliphatic heterocycles. The molecule has 0 atom stereocenters. The van der Waals surface area contributed by atoms with E-state index in [9.17, 15) is 4.79 Å². The van der Waals surface area contributed by atoms with Gasteiger partial charge in [0.25, 0.3) is 5.91 Å². The van der Waals surface area contributed by atoms with Gasteiger partial charge in [-0.25, -0.2) is 0 Å². The molecule has 2 rings (SSSR count). The number of carbonyl (C=O) groups excluding carboxylic acids is 1. The lowest BCUT2D eigenvalue weighted by atomic mass is 10.2. The normalized spacial score (nSPS) is 14.8. The third-order valence-electron chi connectivity index (χ3n) is 2.95. The van der Waals surface area contributed by atoms with Crippen LogP contribution in [0, 0.1) is 0 Å². The van der Waals surface area contributed by atoms with Gasteiger partial charge in [-0.15, -0.1) is 0 Å². The molecule has 0 radical (unpaired) electrons. The topological polar surface area (TPSA) is 65.5 Å². The standard InChI is InChI=1S/C14H19BrN4O/c1-16-14(19-12-6-7-12)18-9-8-17-13(20)10-2-4-11(15)5-3-10/h2-5,12H,6-9H2,1H3,(H,17,20)(H2,16,18,19). The summed E-state index contributed by atoms with van der Waals surface area (Å²) < 4.78 is 0.964. The van der Waals surface area contributed by atoms with Crippen LogP contribution in [-0.4, -0.2) is 38.0 Å². The molecule has 0 heterocycles. The third kappa shape index (κ3) is 4.85. The van der Waals surface area contributed by atoms with Crippen LogP contribution in [0.25, 0.3) is 0 Å². The summed E-state index contributed by atoms with van der Waals surface area (Å²) in [6.45, 7) is 1.20. The van der Waals surface area contributed by atoms with Gasteiger partial charge in [0.2, 0.25) is 0 Å². The summed E-state index contributed by atoms with van der Waals surface area (Å²) in [7, 11) is 1.75. The van der Waals surface area contributed by atoms with E-state index in [1.54, 1.807) is 19.2 Å².